The summed E-state index contributed by atoms with van der Waals surface area (Å²) >= 11 is 0. The molecule has 0 radical (unpaired) electrons. The Morgan fingerprint density at radius 3 is 2.85 bits per heavy atom. The minimum atomic E-state index is -0.522. The van der Waals surface area contributed by atoms with E-state index in [-0.39, 0.29) is 11.8 Å². The van der Waals surface area contributed by atoms with Crippen molar-refractivity contribution in [2.24, 2.45) is 5.92 Å². The number of amides is 2. The molecule has 1 heterocycles. The van der Waals surface area contributed by atoms with Crippen molar-refractivity contribution in [3.63, 3.8) is 0 Å². The Morgan fingerprint density at radius 2 is 2.20 bits per heavy atom. The van der Waals surface area contributed by atoms with Crippen molar-refractivity contribution in [1.29, 1.82) is 0 Å². The quantitative estimate of drug-likeness (QED) is 0.499. The summed E-state index contributed by atoms with van der Waals surface area (Å²) in [6.07, 6.45) is 2.35. The minimum Gasteiger partial charge on any atom is -0.338 e. The molecule has 0 aromatic heterocycles. The Bertz CT molecular complexity index is 554. The number of benzene rings is 1. The molecule has 0 fully saturated rings. The van der Waals surface area contributed by atoms with E-state index in [2.05, 4.69) is 6.58 Å². The van der Waals surface area contributed by atoms with E-state index < -0.39 is 5.91 Å². The largest absolute Gasteiger partial charge is 0.338 e. The van der Waals surface area contributed by atoms with Crippen molar-refractivity contribution >= 4 is 11.8 Å². The third-order valence-electron chi connectivity index (χ3n) is 3.64. The summed E-state index contributed by atoms with van der Waals surface area (Å²) in [5, 5.41) is 8.63. The highest BCUT2D eigenvalue weighted by molar-refractivity contribution is 5.93. The lowest BCUT2D eigenvalue weighted by atomic mass is 9.96. The van der Waals surface area contributed by atoms with E-state index in [0.29, 0.717) is 25.1 Å². The molecule has 1 aliphatic rings. The molecule has 1 aliphatic heterocycles. The average Bonchev–Trinajstić information content (AvgIpc) is 2.51. The molecule has 2 amide bonds. The number of carbonyl (C=O) groups excluding carboxylic acids is 2. The van der Waals surface area contributed by atoms with Gasteiger partial charge in [0.2, 0.25) is 5.91 Å². The summed E-state index contributed by atoms with van der Waals surface area (Å²) in [5.74, 6) is -0.634. The van der Waals surface area contributed by atoms with Crippen LogP contribution in [0.2, 0.25) is 0 Å². The second kappa shape index (κ2) is 5.88. The molecular formula is C15H18N2O3. The molecule has 20 heavy (non-hydrogen) atoms. The van der Waals surface area contributed by atoms with Gasteiger partial charge >= 0.3 is 0 Å². The standard InChI is InChI=1S/C15H18N2O3/c1-3-10(2)15(19)17-7-6-11-8-12(14(18)16-20)4-5-13(11)9-17/h3-5,8,10,20H,1,6-7,9H2,2H3,(H,16,18). The highest BCUT2D eigenvalue weighted by Gasteiger charge is 2.23. The van der Waals surface area contributed by atoms with Crippen LogP contribution in [0, 0.1) is 5.92 Å². The van der Waals surface area contributed by atoms with Gasteiger partial charge in [-0.3, -0.25) is 14.8 Å². The molecule has 1 unspecified atom stereocenters. The second-order valence-corrected chi connectivity index (χ2v) is 4.96. The molecule has 5 heteroatoms. The third-order valence-corrected chi connectivity index (χ3v) is 3.64. The lowest BCUT2D eigenvalue weighted by molar-refractivity contribution is -0.134. The molecular weight excluding hydrogens is 256 g/mol. The first-order valence-corrected chi connectivity index (χ1v) is 6.54. The van der Waals surface area contributed by atoms with E-state index in [4.69, 9.17) is 5.21 Å². The zero-order valence-electron chi connectivity index (χ0n) is 11.4. The van der Waals surface area contributed by atoms with Gasteiger partial charge in [0.1, 0.15) is 0 Å². The number of hydrogen-bond acceptors (Lipinski definition) is 3. The molecule has 106 valence electrons. The minimum absolute atomic E-state index is 0.0721. The van der Waals surface area contributed by atoms with Crippen LogP contribution in [0.4, 0.5) is 0 Å². The van der Waals surface area contributed by atoms with Crippen LogP contribution in [0.15, 0.2) is 30.9 Å². The number of hydrogen-bond donors (Lipinski definition) is 2. The normalized spacial score (nSPS) is 15.2. The molecule has 5 nitrogen and oxygen atoms in total. The number of nitrogens with zero attached hydrogens (tertiary/aromatic N) is 1. The predicted molar refractivity (Wildman–Crippen MR) is 74.2 cm³/mol. The van der Waals surface area contributed by atoms with Crippen molar-refractivity contribution in [3.05, 3.63) is 47.5 Å². The van der Waals surface area contributed by atoms with Crippen LogP contribution in [0.1, 0.15) is 28.4 Å². The number of fused-ring (bicyclic) bond motifs is 1. The van der Waals surface area contributed by atoms with Crippen LogP contribution >= 0.6 is 0 Å². The third kappa shape index (κ3) is 2.72. The highest BCUT2D eigenvalue weighted by atomic mass is 16.5. The van der Waals surface area contributed by atoms with E-state index in [1.807, 2.05) is 13.0 Å². The molecule has 0 spiro atoms. The van der Waals surface area contributed by atoms with Gasteiger partial charge < -0.3 is 4.90 Å². The predicted octanol–water partition coefficient (Wildman–Crippen LogP) is 1.51. The maximum absolute atomic E-state index is 12.1. The van der Waals surface area contributed by atoms with Gasteiger partial charge in [-0.25, -0.2) is 5.48 Å². The summed E-state index contributed by atoms with van der Waals surface area (Å²) in [5.41, 5.74) is 4.13. The van der Waals surface area contributed by atoms with Crippen LogP contribution in [0.5, 0.6) is 0 Å². The molecule has 1 aromatic rings. The van der Waals surface area contributed by atoms with Crippen LogP contribution in [0.3, 0.4) is 0 Å². The first-order valence-electron chi connectivity index (χ1n) is 6.54. The molecule has 0 saturated heterocycles. The van der Waals surface area contributed by atoms with Crippen molar-refractivity contribution in [3.8, 4) is 0 Å². The van der Waals surface area contributed by atoms with Crippen molar-refractivity contribution in [2.75, 3.05) is 6.54 Å². The summed E-state index contributed by atoms with van der Waals surface area (Å²) in [4.78, 5) is 25.3. The molecule has 2 rings (SSSR count). The van der Waals surface area contributed by atoms with E-state index in [1.165, 1.54) is 0 Å². The van der Waals surface area contributed by atoms with Crippen LogP contribution in [-0.2, 0) is 17.8 Å². The van der Waals surface area contributed by atoms with Gasteiger partial charge in [0.15, 0.2) is 0 Å². The number of rotatable bonds is 3. The fraction of sp³-hybridized carbons (Fsp3) is 0.333. The van der Waals surface area contributed by atoms with Gasteiger partial charge in [0.25, 0.3) is 5.91 Å². The molecule has 0 aliphatic carbocycles. The molecule has 0 bridgehead atoms. The Hall–Kier alpha value is -2.14. The van der Waals surface area contributed by atoms with E-state index >= 15 is 0 Å². The lowest BCUT2D eigenvalue weighted by Crippen LogP contribution is -2.38. The van der Waals surface area contributed by atoms with Crippen molar-refractivity contribution in [2.45, 2.75) is 19.9 Å². The maximum Gasteiger partial charge on any atom is 0.274 e. The monoisotopic (exact) mass is 274 g/mol. The van der Waals surface area contributed by atoms with E-state index in [1.54, 1.807) is 28.6 Å². The summed E-state index contributed by atoms with van der Waals surface area (Å²) in [6.45, 7) is 6.66. The van der Waals surface area contributed by atoms with Crippen LogP contribution in [0.25, 0.3) is 0 Å². The first kappa shape index (κ1) is 14.3. The Kier molecular flexibility index (Phi) is 4.20. The van der Waals surface area contributed by atoms with Crippen LogP contribution < -0.4 is 5.48 Å². The Morgan fingerprint density at radius 1 is 1.45 bits per heavy atom. The summed E-state index contributed by atoms with van der Waals surface area (Å²) in [6, 6.07) is 5.24. The molecule has 0 saturated carbocycles. The van der Waals surface area contributed by atoms with Gasteiger partial charge in [0.05, 0.1) is 5.92 Å². The van der Waals surface area contributed by atoms with E-state index in [9.17, 15) is 9.59 Å². The van der Waals surface area contributed by atoms with Gasteiger partial charge in [-0.15, -0.1) is 6.58 Å². The zero-order valence-corrected chi connectivity index (χ0v) is 11.4. The van der Waals surface area contributed by atoms with E-state index in [0.717, 1.165) is 11.1 Å². The van der Waals surface area contributed by atoms with Gasteiger partial charge in [-0.2, -0.15) is 0 Å². The summed E-state index contributed by atoms with van der Waals surface area (Å²) < 4.78 is 0. The first-order chi connectivity index (χ1) is 9.56. The molecule has 2 N–H and O–H groups in total. The molecule has 1 atom stereocenters. The second-order valence-electron chi connectivity index (χ2n) is 4.96. The lowest BCUT2D eigenvalue weighted by Gasteiger charge is -2.30. The zero-order chi connectivity index (χ0) is 14.7. The Labute approximate surface area is 117 Å². The smallest absolute Gasteiger partial charge is 0.274 e. The van der Waals surface area contributed by atoms with Crippen molar-refractivity contribution in [1.82, 2.24) is 10.4 Å². The average molecular weight is 274 g/mol. The van der Waals surface area contributed by atoms with Gasteiger partial charge in [-0.1, -0.05) is 19.1 Å². The topological polar surface area (TPSA) is 69.6 Å². The Balaban J connectivity index is 2.17. The number of hydroxylamine groups is 1. The van der Waals surface area contributed by atoms with Crippen LogP contribution in [-0.4, -0.2) is 28.5 Å². The SMILES string of the molecule is C=CC(C)C(=O)N1CCc2cc(C(=O)NO)ccc2C1. The maximum atomic E-state index is 12.1. The fourth-order valence-corrected chi connectivity index (χ4v) is 2.34. The highest BCUT2D eigenvalue weighted by Crippen LogP contribution is 2.22. The molecule has 1 aromatic carbocycles. The van der Waals surface area contributed by atoms with Gasteiger partial charge in [-0.05, 0) is 29.7 Å². The fourth-order valence-electron chi connectivity index (χ4n) is 2.34. The number of nitrogens with one attached hydrogen (secondary N) is 1. The van der Waals surface area contributed by atoms with Crippen molar-refractivity contribution < 1.29 is 14.8 Å². The summed E-state index contributed by atoms with van der Waals surface area (Å²) in [7, 11) is 0. The van der Waals surface area contributed by atoms with Gasteiger partial charge in [0, 0.05) is 18.7 Å². The number of carbonyl (C=O) groups is 2.